The van der Waals surface area contributed by atoms with E-state index in [-0.39, 0.29) is 23.5 Å². The third kappa shape index (κ3) is 5.61. The van der Waals surface area contributed by atoms with Crippen LogP contribution in [0.5, 0.6) is 0 Å². The number of hydrogen-bond acceptors (Lipinski definition) is 4. The van der Waals surface area contributed by atoms with Gasteiger partial charge in [0.1, 0.15) is 0 Å². The molecule has 0 aromatic carbocycles. The van der Waals surface area contributed by atoms with Crippen molar-refractivity contribution < 1.29 is 9.53 Å². The maximum absolute atomic E-state index is 12.4. The molecule has 2 atom stereocenters. The fourth-order valence-corrected chi connectivity index (χ4v) is 1.63. The highest BCUT2D eigenvalue weighted by Gasteiger charge is 2.36. The first-order chi connectivity index (χ1) is 7.53. The van der Waals surface area contributed by atoms with E-state index >= 15 is 0 Å². The minimum absolute atomic E-state index is 0.129. The van der Waals surface area contributed by atoms with Crippen LogP contribution in [0.1, 0.15) is 41.5 Å². The molecule has 4 heteroatoms. The molecule has 0 amide bonds. The highest BCUT2D eigenvalue weighted by molar-refractivity contribution is 5.89. The largest absolute Gasteiger partial charge is 0.378 e. The zero-order valence-electron chi connectivity index (χ0n) is 12.3. The first kappa shape index (κ1) is 16.6. The number of hydrogen-bond donors (Lipinski definition) is 2. The quantitative estimate of drug-likeness (QED) is 0.766. The molecule has 0 rings (SSSR count). The van der Waals surface area contributed by atoms with Crippen molar-refractivity contribution in [2.45, 2.75) is 59.2 Å². The van der Waals surface area contributed by atoms with E-state index in [0.29, 0.717) is 6.54 Å². The fourth-order valence-electron chi connectivity index (χ4n) is 1.63. The van der Waals surface area contributed by atoms with Gasteiger partial charge in [0.15, 0.2) is 5.78 Å². The molecule has 0 spiro atoms. The predicted octanol–water partition coefficient (Wildman–Crippen LogP) is 1.33. The smallest absolute Gasteiger partial charge is 0.157 e. The van der Waals surface area contributed by atoms with Crippen LogP contribution >= 0.6 is 0 Å². The number of ketones is 1. The summed E-state index contributed by atoms with van der Waals surface area (Å²) >= 11 is 0. The van der Waals surface area contributed by atoms with Crippen molar-refractivity contribution in [3.63, 3.8) is 0 Å². The summed E-state index contributed by atoms with van der Waals surface area (Å²) in [4.78, 5) is 12.4. The van der Waals surface area contributed by atoms with Crippen molar-refractivity contribution >= 4 is 5.78 Å². The number of nitrogens with two attached hydrogens (primary N) is 1. The predicted molar refractivity (Wildman–Crippen MR) is 71.0 cm³/mol. The van der Waals surface area contributed by atoms with Gasteiger partial charge < -0.3 is 15.8 Å². The Morgan fingerprint density at radius 1 is 1.24 bits per heavy atom. The lowest BCUT2D eigenvalue weighted by molar-refractivity contribution is -0.132. The first-order valence-corrected chi connectivity index (χ1v) is 6.08. The average Bonchev–Trinajstić information content (AvgIpc) is 2.13. The summed E-state index contributed by atoms with van der Waals surface area (Å²) in [6.45, 7) is 12.1. The number of rotatable bonds is 5. The summed E-state index contributed by atoms with van der Waals surface area (Å²) in [6.07, 6.45) is -0.291. The lowest BCUT2D eigenvalue weighted by atomic mass is 9.83. The van der Waals surface area contributed by atoms with E-state index in [4.69, 9.17) is 10.5 Å². The van der Waals surface area contributed by atoms with Gasteiger partial charge in [-0.1, -0.05) is 20.8 Å². The highest BCUT2D eigenvalue weighted by Crippen LogP contribution is 2.20. The van der Waals surface area contributed by atoms with Crippen LogP contribution < -0.4 is 11.1 Å². The van der Waals surface area contributed by atoms with Crippen molar-refractivity contribution in [1.29, 1.82) is 0 Å². The Bertz CT molecular complexity index is 247. The van der Waals surface area contributed by atoms with E-state index in [1.807, 2.05) is 41.5 Å². The van der Waals surface area contributed by atoms with Crippen LogP contribution in [0.3, 0.4) is 0 Å². The molecule has 0 saturated heterocycles. The van der Waals surface area contributed by atoms with Gasteiger partial charge in [0.25, 0.3) is 0 Å². The van der Waals surface area contributed by atoms with Crippen LogP contribution in [0.15, 0.2) is 0 Å². The lowest BCUT2D eigenvalue weighted by Crippen LogP contribution is -2.58. The molecule has 102 valence electrons. The summed E-state index contributed by atoms with van der Waals surface area (Å²) in [7, 11) is 1.59. The first-order valence-electron chi connectivity index (χ1n) is 6.08. The van der Waals surface area contributed by atoms with E-state index in [1.54, 1.807) is 7.11 Å². The van der Waals surface area contributed by atoms with E-state index in [9.17, 15) is 4.79 Å². The van der Waals surface area contributed by atoms with Gasteiger partial charge in [-0.2, -0.15) is 0 Å². The maximum Gasteiger partial charge on any atom is 0.157 e. The summed E-state index contributed by atoms with van der Waals surface area (Å²) in [6, 6.07) is -0.370. The maximum atomic E-state index is 12.4. The van der Waals surface area contributed by atoms with E-state index in [1.165, 1.54) is 0 Å². The monoisotopic (exact) mass is 244 g/mol. The second-order valence-electron chi connectivity index (χ2n) is 6.50. The summed E-state index contributed by atoms with van der Waals surface area (Å²) in [5, 5.41) is 3.31. The van der Waals surface area contributed by atoms with Gasteiger partial charge >= 0.3 is 0 Å². The summed E-state index contributed by atoms with van der Waals surface area (Å²) < 4.78 is 5.32. The molecule has 0 aromatic rings. The molecule has 0 bridgehead atoms. The third-order valence-corrected chi connectivity index (χ3v) is 2.52. The van der Waals surface area contributed by atoms with E-state index in [0.717, 1.165) is 0 Å². The van der Waals surface area contributed by atoms with Gasteiger partial charge in [-0.25, -0.2) is 0 Å². The summed E-state index contributed by atoms with van der Waals surface area (Å²) in [5.41, 5.74) is 5.10. The average molecular weight is 244 g/mol. The molecule has 4 nitrogen and oxygen atoms in total. The fraction of sp³-hybridized carbons (Fsp3) is 0.923. The van der Waals surface area contributed by atoms with Crippen molar-refractivity contribution in [3.05, 3.63) is 0 Å². The molecule has 0 aliphatic carbocycles. The second kappa shape index (κ2) is 5.94. The third-order valence-electron chi connectivity index (χ3n) is 2.52. The molecule has 0 saturated carbocycles. The van der Waals surface area contributed by atoms with Gasteiger partial charge in [-0.15, -0.1) is 0 Å². The second-order valence-corrected chi connectivity index (χ2v) is 6.50. The van der Waals surface area contributed by atoms with Crippen LogP contribution in [-0.2, 0) is 9.53 Å². The molecule has 3 N–H and O–H groups in total. The topological polar surface area (TPSA) is 64.3 Å². The number of ether oxygens (including phenoxy) is 1. The Balaban J connectivity index is 5.04. The standard InChI is InChI=1S/C13H28N2O2/c1-12(2,3)11(16)10(9(8-14)17-7)15-13(4,5)6/h9-10,15H,8,14H2,1-7H3. The minimum Gasteiger partial charge on any atom is -0.378 e. The van der Waals surface area contributed by atoms with E-state index in [2.05, 4.69) is 5.32 Å². The van der Waals surface area contributed by atoms with Crippen molar-refractivity contribution in [1.82, 2.24) is 5.32 Å². The zero-order valence-corrected chi connectivity index (χ0v) is 12.3. The van der Waals surface area contributed by atoms with Gasteiger partial charge in [-0.3, -0.25) is 4.79 Å². The number of Topliss-reactive ketones (excluding diaryl/α,β-unsaturated/α-hetero) is 1. The van der Waals surface area contributed by atoms with Gasteiger partial charge in [0.2, 0.25) is 0 Å². The Morgan fingerprint density at radius 2 is 1.71 bits per heavy atom. The molecule has 0 fully saturated rings. The Hall–Kier alpha value is -0.450. The van der Waals surface area contributed by atoms with Gasteiger partial charge in [0.05, 0.1) is 12.1 Å². The van der Waals surface area contributed by atoms with Crippen molar-refractivity contribution in [2.75, 3.05) is 13.7 Å². The molecule has 0 radical (unpaired) electrons. The molecular weight excluding hydrogens is 216 g/mol. The number of nitrogens with one attached hydrogen (secondary N) is 1. The number of carbonyl (C=O) groups is 1. The molecule has 0 aliphatic rings. The molecular formula is C13H28N2O2. The van der Waals surface area contributed by atoms with Crippen LogP contribution in [0, 0.1) is 5.41 Å². The van der Waals surface area contributed by atoms with E-state index < -0.39 is 5.41 Å². The van der Waals surface area contributed by atoms with Crippen molar-refractivity contribution in [2.24, 2.45) is 11.1 Å². The molecule has 0 heterocycles. The number of methoxy groups -OCH3 is 1. The van der Waals surface area contributed by atoms with Gasteiger partial charge in [0, 0.05) is 24.6 Å². The molecule has 17 heavy (non-hydrogen) atoms. The Morgan fingerprint density at radius 3 is 1.94 bits per heavy atom. The molecule has 0 aromatic heterocycles. The minimum atomic E-state index is -0.408. The molecule has 2 unspecified atom stereocenters. The lowest BCUT2D eigenvalue weighted by Gasteiger charge is -2.35. The summed E-state index contributed by atoms with van der Waals surface area (Å²) in [5.74, 6) is 0.129. The SMILES string of the molecule is COC(CN)C(NC(C)(C)C)C(=O)C(C)(C)C. The van der Waals surface area contributed by atoms with Crippen LogP contribution in [0.25, 0.3) is 0 Å². The Labute approximate surface area is 105 Å². The van der Waals surface area contributed by atoms with Crippen LogP contribution in [-0.4, -0.2) is 37.1 Å². The van der Waals surface area contributed by atoms with Gasteiger partial charge in [-0.05, 0) is 20.8 Å². The molecule has 0 aliphatic heterocycles. The Kier molecular flexibility index (Phi) is 5.78. The normalized spacial score (nSPS) is 16.7. The van der Waals surface area contributed by atoms with Crippen LogP contribution in [0.2, 0.25) is 0 Å². The van der Waals surface area contributed by atoms with Crippen molar-refractivity contribution in [3.8, 4) is 0 Å². The number of carbonyl (C=O) groups excluding carboxylic acids is 1. The van der Waals surface area contributed by atoms with Crippen LogP contribution in [0.4, 0.5) is 0 Å². The highest BCUT2D eigenvalue weighted by atomic mass is 16.5. The zero-order chi connectivity index (χ0) is 13.9.